The molecular formula is C23H20BrCl2N5O2S. The quantitative estimate of drug-likeness (QED) is 0.185. The molecule has 2 N–H and O–H groups in total. The zero-order valence-electron chi connectivity index (χ0n) is 17.8. The van der Waals surface area contributed by atoms with Crippen molar-refractivity contribution in [2.24, 2.45) is 0 Å². The molecule has 176 valence electrons. The average molecular weight is 581 g/mol. The largest absolute Gasteiger partial charge is 0.345 e. The van der Waals surface area contributed by atoms with Crippen molar-refractivity contribution in [1.29, 1.82) is 0 Å². The minimum absolute atomic E-state index is 0.121. The maximum Gasteiger partial charge on any atom is 0.244 e. The van der Waals surface area contributed by atoms with Crippen LogP contribution in [-0.2, 0) is 22.7 Å². The minimum Gasteiger partial charge on any atom is -0.345 e. The number of carbonyl (C=O) groups is 2. The van der Waals surface area contributed by atoms with E-state index in [1.807, 2.05) is 18.2 Å². The summed E-state index contributed by atoms with van der Waals surface area (Å²) in [7, 11) is 0. The molecule has 0 spiro atoms. The molecule has 0 fully saturated rings. The number of hydrogen-bond donors (Lipinski definition) is 2. The van der Waals surface area contributed by atoms with E-state index in [1.54, 1.807) is 41.0 Å². The predicted molar refractivity (Wildman–Crippen MR) is 141 cm³/mol. The molecule has 0 saturated heterocycles. The third kappa shape index (κ3) is 7.46. The topological polar surface area (TPSA) is 88.9 Å². The molecule has 1 aromatic heterocycles. The van der Waals surface area contributed by atoms with Crippen molar-refractivity contribution in [3.63, 3.8) is 0 Å². The lowest BCUT2D eigenvalue weighted by molar-refractivity contribution is -0.116. The van der Waals surface area contributed by atoms with Gasteiger partial charge in [0.15, 0.2) is 11.0 Å². The van der Waals surface area contributed by atoms with Gasteiger partial charge >= 0.3 is 0 Å². The summed E-state index contributed by atoms with van der Waals surface area (Å²) in [6, 6.07) is 12.4. The van der Waals surface area contributed by atoms with Gasteiger partial charge in [0, 0.05) is 27.8 Å². The molecule has 7 nitrogen and oxygen atoms in total. The Labute approximate surface area is 219 Å². The fourth-order valence-electron chi connectivity index (χ4n) is 2.77. The van der Waals surface area contributed by atoms with Crippen LogP contribution in [0, 0.1) is 0 Å². The summed E-state index contributed by atoms with van der Waals surface area (Å²) < 4.78 is 2.54. The van der Waals surface area contributed by atoms with Gasteiger partial charge in [-0.25, -0.2) is 0 Å². The van der Waals surface area contributed by atoms with Crippen LogP contribution in [0.3, 0.4) is 0 Å². The fraction of sp³-hybridized carbons (Fsp3) is 0.130. The van der Waals surface area contributed by atoms with Crippen LogP contribution in [0.1, 0.15) is 11.4 Å². The highest BCUT2D eigenvalue weighted by molar-refractivity contribution is 9.10. The first kappa shape index (κ1) is 26.0. The normalized spacial score (nSPS) is 10.9. The van der Waals surface area contributed by atoms with E-state index in [-0.39, 0.29) is 24.1 Å². The monoisotopic (exact) mass is 579 g/mol. The van der Waals surface area contributed by atoms with Gasteiger partial charge in [-0.1, -0.05) is 59.2 Å². The molecular weight excluding hydrogens is 561 g/mol. The summed E-state index contributed by atoms with van der Waals surface area (Å²) in [5, 5.41) is 15.5. The van der Waals surface area contributed by atoms with Crippen molar-refractivity contribution in [3.8, 4) is 0 Å². The van der Waals surface area contributed by atoms with Crippen LogP contribution in [-0.4, -0.2) is 32.3 Å². The highest BCUT2D eigenvalue weighted by atomic mass is 79.9. The maximum atomic E-state index is 12.3. The number of hydrogen-bond acceptors (Lipinski definition) is 5. The molecule has 2 amide bonds. The third-order valence-corrected chi connectivity index (χ3v) is 6.92. The number of anilines is 1. The molecule has 2 aromatic carbocycles. The van der Waals surface area contributed by atoms with E-state index in [0.717, 1.165) is 10.0 Å². The summed E-state index contributed by atoms with van der Waals surface area (Å²) >= 11 is 16.7. The maximum absolute atomic E-state index is 12.3. The summed E-state index contributed by atoms with van der Waals surface area (Å²) in [5.74, 6) is 0.156. The number of allylic oxidation sites excluding steroid dienone is 1. The number of nitrogens with one attached hydrogen (secondary N) is 2. The molecule has 34 heavy (non-hydrogen) atoms. The molecule has 0 aliphatic rings. The van der Waals surface area contributed by atoms with Gasteiger partial charge in [0.25, 0.3) is 0 Å². The molecule has 11 heteroatoms. The van der Waals surface area contributed by atoms with Gasteiger partial charge in [-0.2, -0.15) is 0 Å². The standard InChI is InChI=1S/C23H20BrCl2N5O2S/c1-2-11-31-20(13-27-21(32)10-7-15-5-3-4-6-18(15)25)29-30-23(31)34-14-22(33)28-16-8-9-17(24)19(26)12-16/h2-10,12H,1,11,13-14H2,(H,27,32)(H,28,33). The second-order valence-corrected chi connectivity index (χ2v) is 9.45. The second kappa shape index (κ2) is 12.8. The van der Waals surface area contributed by atoms with Crippen molar-refractivity contribution in [2.75, 3.05) is 11.1 Å². The van der Waals surface area contributed by atoms with Gasteiger partial charge in [0.2, 0.25) is 11.8 Å². The molecule has 0 aliphatic carbocycles. The predicted octanol–water partition coefficient (Wildman–Crippen LogP) is 5.59. The molecule has 0 saturated carbocycles. The number of aromatic nitrogens is 3. The van der Waals surface area contributed by atoms with E-state index in [4.69, 9.17) is 23.2 Å². The zero-order valence-corrected chi connectivity index (χ0v) is 21.7. The van der Waals surface area contributed by atoms with Crippen LogP contribution in [0.25, 0.3) is 6.08 Å². The number of nitrogens with zero attached hydrogens (tertiary/aromatic N) is 3. The summed E-state index contributed by atoms with van der Waals surface area (Å²) in [6.07, 6.45) is 4.74. The summed E-state index contributed by atoms with van der Waals surface area (Å²) in [5.41, 5.74) is 1.34. The first-order valence-corrected chi connectivity index (χ1v) is 12.5. The van der Waals surface area contributed by atoms with Crippen molar-refractivity contribution in [3.05, 3.63) is 87.1 Å². The fourth-order valence-corrected chi connectivity index (χ4v) is 4.16. The third-order valence-electron chi connectivity index (χ3n) is 4.38. The van der Waals surface area contributed by atoms with Crippen LogP contribution in [0.5, 0.6) is 0 Å². The second-order valence-electron chi connectivity index (χ2n) is 6.84. The van der Waals surface area contributed by atoms with Crippen LogP contribution in [0.4, 0.5) is 5.69 Å². The summed E-state index contributed by atoms with van der Waals surface area (Å²) in [6.45, 7) is 4.35. The Morgan fingerprint density at radius 3 is 2.68 bits per heavy atom. The molecule has 0 aliphatic heterocycles. The number of benzene rings is 2. The first-order chi connectivity index (χ1) is 16.4. The van der Waals surface area contributed by atoms with Crippen LogP contribution < -0.4 is 10.6 Å². The number of halogens is 3. The molecule has 0 atom stereocenters. The van der Waals surface area contributed by atoms with E-state index >= 15 is 0 Å². The van der Waals surface area contributed by atoms with E-state index in [9.17, 15) is 9.59 Å². The lowest BCUT2D eigenvalue weighted by Crippen LogP contribution is -2.23. The SMILES string of the molecule is C=CCn1c(CNC(=O)C=Cc2ccccc2Cl)nnc1SCC(=O)Nc1ccc(Br)c(Cl)c1. The lowest BCUT2D eigenvalue weighted by Gasteiger charge is -2.09. The Morgan fingerprint density at radius 2 is 1.94 bits per heavy atom. The summed E-state index contributed by atoms with van der Waals surface area (Å²) in [4.78, 5) is 24.6. The van der Waals surface area contributed by atoms with Gasteiger partial charge in [0.05, 0.1) is 17.3 Å². The minimum atomic E-state index is -0.296. The molecule has 0 unspecified atom stereocenters. The van der Waals surface area contributed by atoms with E-state index in [0.29, 0.717) is 33.3 Å². The molecule has 0 radical (unpaired) electrons. The van der Waals surface area contributed by atoms with Gasteiger partial charge < -0.3 is 15.2 Å². The zero-order chi connectivity index (χ0) is 24.5. The van der Waals surface area contributed by atoms with Crippen LogP contribution in [0.2, 0.25) is 10.0 Å². The van der Waals surface area contributed by atoms with Crippen LogP contribution in [0.15, 0.2) is 70.8 Å². The van der Waals surface area contributed by atoms with Crippen molar-refractivity contribution in [2.45, 2.75) is 18.2 Å². The Kier molecular flexibility index (Phi) is 9.76. The number of thioether (sulfide) groups is 1. The molecule has 1 heterocycles. The van der Waals surface area contributed by atoms with Gasteiger partial charge in [-0.05, 0) is 51.8 Å². The number of rotatable bonds is 10. The van der Waals surface area contributed by atoms with Gasteiger partial charge in [-0.15, -0.1) is 16.8 Å². The van der Waals surface area contributed by atoms with Crippen molar-refractivity contribution < 1.29 is 9.59 Å². The Morgan fingerprint density at radius 1 is 1.15 bits per heavy atom. The number of carbonyl (C=O) groups excluding carboxylic acids is 2. The molecule has 0 bridgehead atoms. The highest BCUT2D eigenvalue weighted by Crippen LogP contribution is 2.26. The van der Waals surface area contributed by atoms with E-state index in [1.165, 1.54) is 17.8 Å². The Hall–Kier alpha value is -2.59. The molecule has 3 aromatic rings. The highest BCUT2D eigenvalue weighted by Gasteiger charge is 2.14. The van der Waals surface area contributed by atoms with Gasteiger partial charge in [0.1, 0.15) is 0 Å². The van der Waals surface area contributed by atoms with Gasteiger partial charge in [-0.3, -0.25) is 9.59 Å². The average Bonchev–Trinajstić information content (AvgIpc) is 3.20. The molecule has 3 rings (SSSR count). The number of amides is 2. The van der Waals surface area contributed by atoms with Crippen LogP contribution >= 0.6 is 50.9 Å². The Balaban J connectivity index is 1.57. The smallest absolute Gasteiger partial charge is 0.244 e. The van der Waals surface area contributed by atoms with Crippen molar-refractivity contribution in [1.82, 2.24) is 20.1 Å². The van der Waals surface area contributed by atoms with Crippen molar-refractivity contribution >= 4 is 74.5 Å². The first-order valence-electron chi connectivity index (χ1n) is 9.98. The Bertz CT molecular complexity index is 1230. The van der Waals surface area contributed by atoms with E-state index in [2.05, 4.69) is 43.3 Å². The van der Waals surface area contributed by atoms with E-state index < -0.39 is 0 Å². The lowest BCUT2D eigenvalue weighted by atomic mass is 10.2.